The Morgan fingerprint density at radius 2 is 1.75 bits per heavy atom. The molecule has 2 rings (SSSR count). The van der Waals surface area contributed by atoms with E-state index >= 15 is 0 Å². The SMILES string of the molecule is COc1ccc(S(=O)(=O)[C@H](C)CN(O)NC(=O)CC(OC)C2CCN(C(=O)OC(C)(C)C)CC2)cc1. The third kappa shape index (κ3) is 8.61. The molecular weight excluding hydrogens is 490 g/mol. The molecule has 12 heteroatoms. The lowest BCUT2D eigenvalue weighted by Gasteiger charge is -2.36. The van der Waals surface area contributed by atoms with Crippen LogP contribution in [0.5, 0.6) is 5.75 Å². The van der Waals surface area contributed by atoms with Crippen molar-refractivity contribution in [3.63, 3.8) is 0 Å². The molecule has 2 atom stereocenters. The fourth-order valence-corrected chi connectivity index (χ4v) is 5.30. The van der Waals surface area contributed by atoms with Gasteiger partial charge in [0.2, 0.25) is 5.91 Å². The molecule has 1 heterocycles. The molecule has 2 amide bonds. The molecule has 36 heavy (non-hydrogen) atoms. The van der Waals surface area contributed by atoms with Crippen LogP contribution in [0.25, 0.3) is 0 Å². The molecule has 1 saturated heterocycles. The Morgan fingerprint density at radius 1 is 1.17 bits per heavy atom. The Hall–Kier alpha value is -2.41. The number of hydroxylamine groups is 1. The Labute approximate surface area is 213 Å². The quantitative estimate of drug-likeness (QED) is 0.439. The van der Waals surface area contributed by atoms with Gasteiger partial charge in [-0.3, -0.25) is 15.4 Å². The molecule has 1 aliphatic rings. The number of sulfone groups is 1. The highest BCUT2D eigenvalue weighted by Gasteiger charge is 2.32. The first-order chi connectivity index (χ1) is 16.8. The van der Waals surface area contributed by atoms with Gasteiger partial charge in [0, 0.05) is 20.2 Å². The van der Waals surface area contributed by atoms with Crippen LogP contribution in [0, 0.1) is 5.92 Å². The number of hydrazine groups is 1. The zero-order valence-corrected chi connectivity index (χ0v) is 22.7. The molecule has 1 unspecified atom stereocenters. The molecule has 0 bridgehead atoms. The maximum atomic E-state index is 12.8. The molecular formula is C24H39N3O8S. The highest BCUT2D eigenvalue weighted by atomic mass is 32.2. The van der Waals surface area contributed by atoms with Gasteiger partial charge in [-0.2, -0.15) is 0 Å². The first-order valence-electron chi connectivity index (χ1n) is 11.9. The molecule has 1 fully saturated rings. The van der Waals surface area contributed by atoms with Gasteiger partial charge >= 0.3 is 6.09 Å². The van der Waals surface area contributed by atoms with Crippen LogP contribution in [0.3, 0.4) is 0 Å². The van der Waals surface area contributed by atoms with Gasteiger partial charge in [-0.1, -0.05) is 0 Å². The Balaban J connectivity index is 1.85. The van der Waals surface area contributed by atoms with E-state index in [-0.39, 0.29) is 29.9 Å². The molecule has 1 aliphatic heterocycles. The third-order valence-electron chi connectivity index (χ3n) is 6.01. The molecule has 1 aromatic carbocycles. The van der Waals surface area contributed by atoms with Gasteiger partial charge in [0.05, 0.1) is 36.3 Å². The van der Waals surface area contributed by atoms with Gasteiger partial charge in [-0.25, -0.2) is 13.2 Å². The van der Waals surface area contributed by atoms with Crippen LogP contribution < -0.4 is 10.2 Å². The number of nitrogens with zero attached hydrogens (tertiary/aromatic N) is 2. The zero-order chi connectivity index (χ0) is 27.1. The number of methoxy groups -OCH3 is 2. The normalized spacial score (nSPS) is 16.9. The number of amides is 2. The van der Waals surface area contributed by atoms with Crippen molar-refractivity contribution in [2.24, 2.45) is 5.92 Å². The summed E-state index contributed by atoms with van der Waals surface area (Å²) in [4.78, 5) is 26.5. The predicted molar refractivity (Wildman–Crippen MR) is 132 cm³/mol. The number of likely N-dealkylation sites (tertiary alicyclic amines) is 1. The van der Waals surface area contributed by atoms with Crippen molar-refractivity contribution in [2.45, 2.75) is 68.8 Å². The topological polar surface area (TPSA) is 135 Å². The molecule has 1 aromatic rings. The maximum Gasteiger partial charge on any atom is 0.410 e. The summed E-state index contributed by atoms with van der Waals surface area (Å²) >= 11 is 0. The van der Waals surface area contributed by atoms with Gasteiger partial charge in [-0.15, -0.1) is 5.17 Å². The monoisotopic (exact) mass is 529 g/mol. The minimum absolute atomic E-state index is 0.0235. The molecule has 0 saturated carbocycles. The molecule has 0 aliphatic carbocycles. The van der Waals surface area contributed by atoms with Gasteiger partial charge < -0.3 is 19.1 Å². The molecule has 2 N–H and O–H groups in total. The second-order valence-electron chi connectivity index (χ2n) is 9.93. The van der Waals surface area contributed by atoms with Crippen molar-refractivity contribution in [2.75, 3.05) is 33.9 Å². The summed E-state index contributed by atoms with van der Waals surface area (Å²) in [5, 5.41) is 9.68. The molecule has 0 aromatic heterocycles. The second-order valence-corrected chi connectivity index (χ2v) is 12.3. The minimum atomic E-state index is -3.74. The summed E-state index contributed by atoms with van der Waals surface area (Å²) in [6, 6.07) is 5.95. The highest BCUT2D eigenvalue weighted by molar-refractivity contribution is 7.92. The maximum absolute atomic E-state index is 12.8. The van der Waals surface area contributed by atoms with Crippen LogP contribution in [-0.2, 0) is 24.1 Å². The summed E-state index contributed by atoms with van der Waals surface area (Å²) in [6.07, 6.45) is 0.488. The second kappa shape index (κ2) is 12.7. The lowest BCUT2D eigenvalue weighted by molar-refractivity contribution is -0.163. The van der Waals surface area contributed by atoms with E-state index in [1.165, 1.54) is 33.3 Å². The van der Waals surface area contributed by atoms with E-state index < -0.39 is 32.7 Å². The van der Waals surface area contributed by atoms with Gasteiger partial charge in [0.25, 0.3) is 0 Å². The Kier molecular flexibility index (Phi) is 10.5. The van der Waals surface area contributed by atoms with Gasteiger partial charge in [0.1, 0.15) is 11.4 Å². The molecule has 204 valence electrons. The first kappa shape index (κ1) is 29.8. The number of hydrogen-bond acceptors (Lipinski definition) is 9. The van der Waals surface area contributed by atoms with Gasteiger partial charge in [-0.05, 0) is 70.7 Å². The van der Waals surface area contributed by atoms with Crippen LogP contribution in [0.1, 0.15) is 47.0 Å². The van der Waals surface area contributed by atoms with Crippen molar-refractivity contribution < 1.29 is 37.4 Å². The van der Waals surface area contributed by atoms with Crippen molar-refractivity contribution in [3.05, 3.63) is 24.3 Å². The Bertz CT molecular complexity index is 970. The number of carbonyl (C=O) groups is 2. The number of rotatable bonds is 10. The predicted octanol–water partition coefficient (Wildman–Crippen LogP) is 2.63. The average molecular weight is 530 g/mol. The van der Waals surface area contributed by atoms with Crippen molar-refractivity contribution in [3.8, 4) is 5.75 Å². The summed E-state index contributed by atoms with van der Waals surface area (Å²) in [5.74, 6) is 0.0646. The summed E-state index contributed by atoms with van der Waals surface area (Å²) < 4.78 is 41.6. The number of benzene rings is 1. The average Bonchev–Trinajstić information content (AvgIpc) is 2.81. The molecule has 0 radical (unpaired) electrons. The number of piperidine rings is 1. The number of nitrogens with one attached hydrogen (secondary N) is 1. The van der Waals surface area contributed by atoms with E-state index in [0.717, 1.165) is 0 Å². The number of hydrogen-bond donors (Lipinski definition) is 2. The van der Waals surface area contributed by atoms with Crippen molar-refractivity contribution in [1.82, 2.24) is 15.5 Å². The fraction of sp³-hybridized carbons (Fsp3) is 0.667. The van der Waals surface area contributed by atoms with Crippen molar-refractivity contribution in [1.29, 1.82) is 0 Å². The first-order valence-corrected chi connectivity index (χ1v) is 13.5. The number of ether oxygens (including phenoxy) is 3. The Morgan fingerprint density at radius 3 is 2.25 bits per heavy atom. The summed E-state index contributed by atoms with van der Waals surface area (Å²) in [7, 11) is -0.741. The fourth-order valence-electron chi connectivity index (χ4n) is 3.98. The molecule has 11 nitrogen and oxygen atoms in total. The lowest BCUT2D eigenvalue weighted by Crippen LogP contribution is -2.47. The molecule has 0 spiro atoms. The smallest absolute Gasteiger partial charge is 0.410 e. The lowest BCUT2D eigenvalue weighted by atomic mass is 9.89. The zero-order valence-electron chi connectivity index (χ0n) is 21.9. The van der Waals surface area contributed by atoms with E-state index in [0.29, 0.717) is 36.9 Å². The van der Waals surface area contributed by atoms with Crippen molar-refractivity contribution >= 4 is 21.8 Å². The summed E-state index contributed by atoms with van der Waals surface area (Å²) in [5.41, 5.74) is 1.74. The van der Waals surface area contributed by atoms with Crippen LogP contribution in [-0.4, -0.2) is 86.5 Å². The minimum Gasteiger partial charge on any atom is -0.497 e. The number of carbonyl (C=O) groups excluding carboxylic acids is 2. The van der Waals surface area contributed by atoms with Crippen LogP contribution in [0.2, 0.25) is 0 Å². The van der Waals surface area contributed by atoms with E-state index in [2.05, 4.69) is 5.43 Å². The highest BCUT2D eigenvalue weighted by Crippen LogP contribution is 2.26. The van der Waals surface area contributed by atoms with Gasteiger partial charge in [0.15, 0.2) is 9.84 Å². The largest absolute Gasteiger partial charge is 0.497 e. The van der Waals surface area contributed by atoms with Crippen LogP contribution in [0.4, 0.5) is 4.79 Å². The summed E-state index contributed by atoms with van der Waals surface area (Å²) in [6.45, 7) is 7.56. The van der Waals surface area contributed by atoms with E-state index in [4.69, 9.17) is 14.2 Å². The van der Waals surface area contributed by atoms with E-state index in [1.807, 2.05) is 20.8 Å². The van der Waals surface area contributed by atoms with E-state index in [9.17, 15) is 23.2 Å². The van der Waals surface area contributed by atoms with E-state index in [1.54, 1.807) is 17.0 Å². The standard InChI is InChI=1S/C24H39N3O8S/c1-17(36(31,32)20-9-7-19(33-5)8-10-20)16-27(30)25-22(28)15-21(34-6)18-11-13-26(14-12-18)23(29)35-24(2,3)4/h7-10,17-18,21,30H,11-16H2,1-6H3,(H,25,28)/t17-,21?/m1/s1. The van der Waals surface area contributed by atoms with Crippen LogP contribution >= 0.6 is 0 Å². The van der Waals surface area contributed by atoms with Crippen LogP contribution in [0.15, 0.2) is 29.2 Å². The third-order valence-corrected chi connectivity index (χ3v) is 8.15.